The van der Waals surface area contributed by atoms with Crippen molar-refractivity contribution in [2.45, 2.75) is 19.0 Å². The number of benzene rings is 1. The van der Waals surface area contributed by atoms with Gasteiger partial charge in [0.2, 0.25) is 0 Å². The van der Waals surface area contributed by atoms with E-state index in [0.29, 0.717) is 11.4 Å². The summed E-state index contributed by atoms with van der Waals surface area (Å²) in [4.78, 5) is 0. The van der Waals surface area contributed by atoms with Gasteiger partial charge in [-0.25, -0.2) is 0 Å². The number of halogens is 4. The van der Waals surface area contributed by atoms with Crippen LogP contribution in [0.15, 0.2) is 24.3 Å². The van der Waals surface area contributed by atoms with Gasteiger partial charge in [-0.15, -0.1) is 0 Å². The van der Waals surface area contributed by atoms with Crippen molar-refractivity contribution in [3.63, 3.8) is 0 Å². The molecule has 0 aliphatic heterocycles. The summed E-state index contributed by atoms with van der Waals surface area (Å²) in [5.41, 5.74) is 1.12. The molecule has 1 rings (SSSR count). The standard InChI is InChI=1S/C14H19ClF3NO/c1-19-9-12(6-7-20-10-14(16,17)18)8-11-2-4-13(15)5-3-11/h2-5,12,19H,6-10H2,1H3. The van der Waals surface area contributed by atoms with E-state index in [-0.39, 0.29) is 12.5 Å². The van der Waals surface area contributed by atoms with Crippen LogP contribution in [0.1, 0.15) is 12.0 Å². The third-order valence-corrected chi connectivity index (χ3v) is 3.12. The van der Waals surface area contributed by atoms with Gasteiger partial charge in [-0.05, 0) is 50.0 Å². The summed E-state index contributed by atoms with van der Waals surface area (Å²) in [5, 5.41) is 3.73. The summed E-state index contributed by atoms with van der Waals surface area (Å²) in [5.74, 6) is 0.231. The molecule has 0 aliphatic carbocycles. The van der Waals surface area contributed by atoms with Gasteiger partial charge in [0, 0.05) is 11.6 Å². The minimum absolute atomic E-state index is 0.111. The Morgan fingerprint density at radius 1 is 1.25 bits per heavy atom. The van der Waals surface area contributed by atoms with Gasteiger partial charge in [0.15, 0.2) is 0 Å². The normalized spacial score (nSPS) is 13.4. The van der Waals surface area contributed by atoms with Crippen molar-refractivity contribution in [2.75, 3.05) is 26.8 Å². The summed E-state index contributed by atoms with van der Waals surface area (Å²) in [6, 6.07) is 7.49. The Balaban J connectivity index is 2.38. The minimum atomic E-state index is -4.26. The molecule has 0 radical (unpaired) electrons. The Labute approximate surface area is 122 Å². The molecule has 1 aromatic rings. The first-order chi connectivity index (χ1) is 9.40. The molecule has 1 atom stereocenters. The average molecular weight is 310 g/mol. The fourth-order valence-corrected chi connectivity index (χ4v) is 2.08. The number of ether oxygens (including phenoxy) is 1. The maximum absolute atomic E-state index is 12.0. The highest BCUT2D eigenvalue weighted by atomic mass is 35.5. The van der Waals surface area contributed by atoms with Gasteiger partial charge in [0.05, 0.1) is 0 Å². The third kappa shape index (κ3) is 7.72. The molecular weight excluding hydrogens is 291 g/mol. The second-order valence-corrected chi connectivity index (χ2v) is 5.15. The van der Waals surface area contributed by atoms with Gasteiger partial charge in [-0.1, -0.05) is 23.7 Å². The molecule has 0 heterocycles. The monoisotopic (exact) mass is 309 g/mol. The van der Waals surface area contributed by atoms with Crippen molar-refractivity contribution in [1.82, 2.24) is 5.32 Å². The highest BCUT2D eigenvalue weighted by Crippen LogP contribution is 2.17. The molecule has 0 fully saturated rings. The van der Waals surface area contributed by atoms with Crippen molar-refractivity contribution in [2.24, 2.45) is 5.92 Å². The molecule has 1 N–H and O–H groups in total. The molecule has 0 aliphatic rings. The molecule has 0 aromatic heterocycles. The molecule has 0 saturated heterocycles. The lowest BCUT2D eigenvalue weighted by Crippen LogP contribution is -2.24. The van der Waals surface area contributed by atoms with Crippen molar-refractivity contribution < 1.29 is 17.9 Å². The molecule has 1 unspecified atom stereocenters. The van der Waals surface area contributed by atoms with Crippen molar-refractivity contribution in [1.29, 1.82) is 0 Å². The van der Waals surface area contributed by atoms with Crippen LogP contribution in [0, 0.1) is 5.92 Å². The van der Waals surface area contributed by atoms with Gasteiger partial charge in [0.25, 0.3) is 0 Å². The quantitative estimate of drug-likeness (QED) is 0.740. The summed E-state index contributed by atoms with van der Waals surface area (Å²) in [6.07, 6.45) is -2.89. The Morgan fingerprint density at radius 3 is 2.45 bits per heavy atom. The number of nitrogens with one attached hydrogen (secondary N) is 1. The molecule has 0 bridgehead atoms. The first-order valence-electron chi connectivity index (χ1n) is 6.44. The van der Waals surface area contributed by atoms with E-state index < -0.39 is 12.8 Å². The molecule has 0 amide bonds. The number of alkyl halides is 3. The van der Waals surface area contributed by atoms with E-state index >= 15 is 0 Å². The van der Waals surface area contributed by atoms with E-state index in [0.717, 1.165) is 18.5 Å². The SMILES string of the molecule is CNCC(CCOCC(F)(F)F)Cc1ccc(Cl)cc1. The van der Waals surface area contributed by atoms with Crippen LogP contribution < -0.4 is 5.32 Å². The zero-order chi connectivity index (χ0) is 15.0. The number of rotatable bonds is 8. The predicted molar refractivity (Wildman–Crippen MR) is 74.1 cm³/mol. The Bertz CT molecular complexity index is 381. The first-order valence-corrected chi connectivity index (χ1v) is 6.82. The minimum Gasteiger partial charge on any atom is -0.372 e. The van der Waals surface area contributed by atoms with Crippen LogP contribution in [0.25, 0.3) is 0 Å². The maximum atomic E-state index is 12.0. The first kappa shape index (κ1) is 17.3. The molecule has 20 heavy (non-hydrogen) atoms. The second-order valence-electron chi connectivity index (χ2n) is 4.71. The lowest BCUT2D eigenvalue weighted by molar-refractivity contribution is -0.174. The van der Waals surface area contributed by atoms with E-state index in [9.17, 15) is 13.2 Å². The zero-order valence-electron chi connectivity index (χ0n) is 11.3. The van der Waals surface area contributed by atoms with Crippen molar-refractivity contribution in [3.8, 4) is 0 Å². The number of hydrogen-bond donors (Lipinski definition) is 1. The van der Waals surface area contributed by atoms with Crippen LogP contribution in [0.4, 0.5) is 13.2 Å². The van der Waals surface area contributed by atoms with E-state index in [2.05, 4.69) is 10.1 Å². The number of hydrogen-bond acceptors (Lipinski definition) is 2. The van der Waals surface area contributed by atoms with Crippen molar-refractivity contribution in [3.05, 3.63) is 34.9 Å². The summed E-state index contributed by atoms with van der Waals surface area (Å²) in [6.45, 7) is -0.336. The Hall–Kier alpha value is -0.780. The van der Waals surface area contributed by atoms with E-state index in [4.69, 9.17) is 11.6 Å². The molecule has 2 nitrogen and oxygen atoms in total. The topological polar surface area (TPSA) is 21.3 Å². The summed E-state index contributed by atoms with van der Waals surface area (Å²) >= 11 is 5.82. The van der Waals surface area contributed by atoms with E-state index in [1.165, 1.54) is 0 Å². The predicted octanol–water partition coefficient (Wildman–Crippen LogP) is 3.69. The van der Waals surface area contributed by atoms with Gasteiger partial charge < -0.3 is 10.1 Å². The molecule has 0 saturated carbocycles. The van der Waals surface area contributed by atoms with Crippen LogP contribution >= 0.6 is 11.6 Å². The lowest BCUT2D eigenvalue weighted by atomic mass is 9.96. The van der Waals surface area contributed by atoms with E-state index in [1.54, 1.807) is 0 Å². The lowest BCUT2D eigenvalue weighted by Gasteiger charge is -2.17. The van der Waals surface area contributed by atoms with Crippen LogP contribution in [-0.2, 0) is 11.2 Å². The summed E-state index contributed by atoms with van der Waals surface area (Å²) in [7, 11) is 1.82. The van der Waals surface area contributed by atoms with Crippen molar-refractivity contribution >= 4 is 11.6 Å². The van der Waals surface area contributed by atoms with Gasteiger partial charge in [-0.2, -0.15) is 13.2 Å². The van der Waals surface area contributed by atoms with Gasteiger partial charge in [-0.3, -0.25) is 0 Å². The third-order valence-electron chi connectivity index (χ3n) is 2.87. The van der Waals surface area contributed by atoms with Crippen LogP contribution in [-0.4, -0.2) is 33.0 Å². The average Bonchev–Trinajstić information content (AvgIpc) is 2.36. The van der Waals surface area contributed by atoms with Crippen LogP contribution in [0.3, 0.4) is 0 Å². The second kappa shape index (κ2) is 8.49. The fraction of sp³-hybridized carbons (Fsp3) is 0.571. The smallest absolute Gasteiger partial charge is 0.372 e. The van der Waals surface area contributed by atoms with E-state index in [1.807, 2.05) is 31.3 Å². The highest BCUT2D eigenvalue weighted by Gasteiger charge is 2.27. The van der Waals surface area contributed by atoms with Gasteiger partial charge >= 0.3 is 6.18 Å². The van der Waals surface area contributed by atoms with Crippen LogP contribution in [0.5, 0.6) is 0 Å². The highest BCUT2D eigenvalue weighted by molar-refractivity contribution is 6.30. The Kier molecular flexibility index (Phi) is 7.34. The molecule has 0 spiro atoms. The largest absolute Gasteiger partial charge is 0.411 e. The molecule has 6 heteroatoms. The maximum Gasteiger partial charge on any atom is 0.411 e. The zero-order valence-corrected chi connectivity index (χ0v) is 12.1. The Morgan fingerprint density at radius 2 is 1.90 bits per heavy atom. The molecule has 1 aromatic carbocycles. The fourth-order valence-electron chi connectivity index (χ4n) is 1.96. The van der Waals surface area contributed by atoms with Crippen LogP contribution in [0.2, 0.25) is 5.02 Å². The summed E-state index contributed by atoms with van der Waals surface area (Å²) < 4.78 is 40.5. The molecule has 114 valence electrons. The molecular formula is C14H19ClF3NO. The van der Waals surface area contributed by atoms with Gasteiger partial charge in [0.1, 0.15) is 6.61 Å².